The van der Waals surface area contributed by atoms with E-state index in [0.717, 1.165) is 29.7 Å². The van der Waals surface area contributed by atoms with Crippen LogP contribution in [-0.4, -0.2) is 35.4 Å². The Morgan fingerprint density at radius 3 is 2.43 bits per heavy atom. The number of benzene rings is 1. The van der Waals surface area contributed by atoms with E-state index in [-0.39, 0.29) is 32.7 Å². The number of ether oxygens (including phenoxy) is 1. The van der Waals surface area contributed by atoms with E-state index < -0.39 is 17.7 Å². The molecule has 1 unspecified atom stereocenters. The van der Waals surface area contributed by atoms with Gasteiger partial charge in [0, 0.05) is 17.0 Å². The van der Waals surface area contributed by atoms with Crippen molar-refractivity contribution in [3.05, 3.63) is 55.2 Å². The van der Waals surface area contributed by atoms with Gasteiger partial charge in [0.05, 0.1) is 28.8 Å². The molecule has 1 aliphatic heterocycles. The molecule has 1 amide bonds. The number of nitrogens with zero attached hydrogens (tertiary/aromatic N) is 1. The largest absolute Gasteiger partial charge is 0.507 e. The maximum absolute atomic E-state index is 13.0. The number of methoxy groups -OCH3 is 1. The molecule has 2 aromatic rings. The van der Waals surface area contributed by atoms with Crippen LogP contribution < -0.4 is 4.74 Å². The lowest BCUT2D eigenvalue weighted by molar-refractivity contribution is -0.139. The first-order valence-electron chi connectivity index (χ1n) is 9.67. The van der Waals surface area contributed by atoms with E-state index in [2.05, 4.69) is 6.92 Å². The number of rotatable bonds is 7. The van der Waals surface area contributed by atoms with Crippen LogP contribution in [-0.2, 0) is 9.59 Å². The van der Waals surface area contributed by atoms with E-state index in [0.29, 0.717) is 6.54 Å². The van der Waals surface area contributed by atoms with Gasteiger partial charge in [-0.2, -0.15) is 0 Å². The maximum Gasteiger partial charge on any atom is 0.295 e. The summed E-state index contributed by atoms with van der Waals surface area (Å²) >= 11 is 13.9. The predicted molar refractivity (Wildman–Crippen MR) is 121 cm³/mol. The van der Waals surface area contributed by atoms with Crippen molar-refractivity contribution < 1.29 is 19.4 Å². The van der Waals surface area contributed by atoms with Crippen LogP contribution in [0.1, 0.15) is 48.2 Å². The van der Waals surface area contributed by atoms with Crippen LogP contribution in [0.2, 0.25) is 10.0 Å². The van der Waals surface area contributed by atoms with Crippen molar-refractivity contribution in [1.82, 2.24) is 4.90 Å². The number of halogens is 2. The summed E-state index contributed by atoms with van der Waals surface area (Å²) in [6, 6.07) is 4.25. The number of ketones is 1. The van der Waals surface area contributed by atoms with Gasteiger partial charge >= 0.3 is 0 Å². The van der Waals surface area contributed by atoms with Crippen LogP contribution in [0.4, 0.5) is 0 Å². The van der Waals surface area contributed by atoms with E-state index >= 15 is 0 Å². The lowest BCUT2D eigenvalue weighted by Crippen LogP contribution is -2.30. The van der Waals surface area contributed by atoms with Gasteiger partial charge in [0.25, 0.3) is 11.7 Å². The van der Waals surface area contributed by atoms with Crippen molar-refractivity contribution >= 4 is 52.0 Å². The molecule has 160 valence electrons. The Labute approximate surface area is 189 Å². The number of hydrogen-bond donors (Lipinski definition) is 1. The number of hydrogen-bond acceptors (Lipinski definition) is 5. The number of aliphatic hydroxyl groups is 1. The van der Waals surface area contributed by atoms with Crippen LogP contribution in [0.25, 0.3) is 5.76 Å². The molecule has 0 bridgehead atoms. The number of carbonyl (C=O) groups excluding carboxylic acids is 2. The van der Waals surface area contributed by atoms with Crippen LogP contribution in [0.5, 0.6) is 5.75 Å². The second kappa shape index (κ2) is 9.41. The molecule has 30 heavy (non-hydrogen) atoms. The molecule has 5 nitrogen and oxygen atoms in total. The minimum Gasteiger partial charge on any atom is -0.507 e. The highest BCUT2D eigenvalue weighted by Gasteiger charge is 2.46. The van der Waals surface area contributed by atoms with Crippen LogP contribution in [0.3, 0.4) is 0 Å². The van der Waals surface area contributed by atoms with Crippen molar-refractivity contribution in [3.63, 3.8) is 0 Å². The zero-order valence-corrected chi connectivity index (χ0v) is 19.3. The molecule has 3 rings (SSSR count). The molecule has 2 heterocycles. The first-order chi connectivity index (χ1) is 14.3. The fourth-order valence-corrected chi connectivity index (χ4v) is 5.32. The Bertz CT molecular complexity index is 991. The normalized spacial score (nSPS) is 18.3. The molecule has 1 saturated heterocycles. The number of unbranched alkanes of at least 4 members (excludes halogenated alkanes) is 2. The summed E-state index contributed by atoms with van der Waals surface area (Å²) < 4.78 is 5.15. The smallest absolute Gasteiger partial charge is 0.295 e. The third-order valence-corrected chi connectivity index (χ3v) is 6.80. The summed E-state index contributed by atoms with van der Waals surface area (Å²) in [4.78, 5) is 28.3. The van der Waals surface area contributed by atoms with Crippen molar-refractivity contribution in [3.8, 4) is 5.75 Å². The quantitative estimate of drug-likeness (QED) is 0.235. The molecule has 0 saturated carbocycles. The molecule has 0 spiro atoms. The molecule has 1 atom stereocenters. The average molecular weight is 468 g/mol. The Morgan fingerprint density at radius 2 is 1.90 bits per heavy atom. The van der Waals surface area contributed by atoms with Crippen molar-refractivity contribution in [2.45, 2.75) is 39.2 Å². The van der Waals surface area contributed by atoms with E-state index in [1.54, 1.807) is 4.90 Å². The molecule has 1 aromatic heterocycles. The zero-order chi connectivity index (χ0) is 22.0. The Balaban J connectivity index is 2.16. The Kier molecular flexibility index (Phi) is 7.11. The molecule has 0 aliphatic carbocycles. The van der Waals surface area contributed by atoms with Crippen LogP contribution >= 0.6 is 34.5 Å². The summed E-state index contributed by atoms with van der Waals surface area (Å²) in [7, 11) is 1.44. The Hall–Kier alpha value is -2.02. The minimum absolute atomic E-state index is 0.0550. The molecule has 8 heteroatoms. The van der Waals surface area contributed by atoms with E-state index in [4.69, 9.17) is 27.9 Å². The minimum atomic E-state index is -0.704. The average Bonchev–Trinajstić information content (AvgIpc) is 3.23. The SMILES string of the molecule is CCCCCN1C(=O)C(=O)/C(=C(\O)c2cc(Cl)c(OC)c(Cl)c2)C1c1sccc1C. The molecule has 0 radical (unpaired) electrons. The number of thiophene rings is 1. The van der Waals surface area contributed by atoms with Crippen LogP contribution in [0, 0.1) is 6.92 Å². The van der Waals surface area contributed by atoms with Gasteiger partial charge in [-0.3, -0.25) is 9.59 Å². The van der Waals surface area contributed by atoms with Gasteiger partial charge in [-0.1, -0.05) is 43.0 Å². The Morgan fingerprint density at radius 1 is 1.23 bits per heavy atom. The van der Waals surface area contributed by atoms with Gasteiger partial charge in [-0.15, -0.1) is 11.3 Å². The number of amides is 1. The summed E-state index contributed by atoms with van der Waals surface area (Å²) in [6.07, 6.45) is 2.73. The fraction of sp³-hybridized carbons (Fsp3) is 0.364. The van der Waals surface area contributed by atoms with Gasteiger partial charge in [-0.05, 0) is 42.5 Å². The lowest BCUT2D eigenvalue weighted by atomic mass is 9.98. The summed E-state index contributed by atoms with van der Waals surface area (Å²) in [5.74, 6) is -1.32. The van der Waals surface area contributed by atoms with Gasteiger partial charge < -0.3 is 14.7 Å². The van der Waals surface area contributed by atoms with Crippen molar-refractivity contribution in [1.29, 1.82) is 0 Å². The van der Waals surface area contributed by atoms with E-state index in [9.17, 15) is 14.7 Å². The zero-order valence-electron chi connectivity index (χ0n) is 17.0. The fourth-order valence-electron chi connectivity index (χ4n) is 3.63. The summed E-state index contributed by atoms with van der Waals surface area (Å²) in [5, 5.41) is 13.4. The molecule has 1 aliphatic rings. The second-order valence-corrected chi connectivity index (χ2v) is 8.90. The van der Waals surface area contributed by atoms with E-state index in [1.165, 1.54) is 30.6 Å². The van der Waals surface area contributed by atoms with Crippen LogP contribution in [0.15, 0.2) is 29.2 Å². The highest BCUT2D eigenvalue weighted by molar-refractivity contribution is 7.10. The topological polar surface area (TPSA) is 66.8 Å². The predicted octanol–water partition coefficient (Wildman–Crippen LogP) is 5.98. The van der Waals surface area contributed by atoms with Gasteiger partial charge in [0.2, 0.25) is 0 Å². The molecule has 1 fully saturated rings. The first-order valence-corrected chi connectivity index (χ1v) is 11.3. The van der Waals surface area contributed by atoms with Crippen molar-refractivity contribution in [2.75, 3.05) is 13.7 Å². The number of Topliss-reactive ketones (excluding diaryl/α,β-unsaturated/α-hetero) is 1. The number of aryl methyl sites for hydroxylation is 1. The van der Waals surface area contributed by atoms with Crippen molar-refractivity contribution in [2.24, 2.45) is 0 Å². The third kappa shape index (κ3) is 4.09. The third-order valence-electron chi connectivity index (χ3n) is 5.17. The van der Waals surface area contributed by atoms with Gasteiger partial charge in [0.1, 0.15) is 5.76 Å². The van der Waals surface area contributed by atoms with Gasteiger partial charge in [-0.25, -0.2) is 0 Å². The summed E-state index contributed by atoms with van der Waals surface area (Å²) in [6.45, 7) is 4.45. The monoisotopic (exact) mass is 467 g/mol. The maximum atomic E-state index is 13.0. The second-order valence-electron chi connectivity index (χ2n) is 7.14. The number of aliphatic hydroxyl groups excluding tert-OH is 1. The first kappa shape index (κ1) is 22.7. The lowest BCUT2D eigenvalue weighted by Gasteiger charge is -2.25. The number of carbonyl (C=O) groups is 2. The highest BCUT2D eigenvalue weighted by atomic mass is 35.5. The van der Waals surface area contributed by atoms with Gasteiger partial charge in [0.15, 0.2) is 5.75 Å². The number of likely N-dealkylation sites (tertiary alicyclic amines) is 1. The molecular formula is C22H23Cl2NO4S. The molecule has 1 N–H and O–H groups in total. The highest BCUT2D eigenvalue weighted by Crippen LogP contribution is 2.44. The standard InChI is InChI=1S/C22H23Cl2NO4S/c1-4-5-6-8-25-17(21-12(2)7-9-30-21)16(19(27)22(25)28)18(26)13-10-14(23)20(29-3)15(24)11-13/h7,9-11,17,26H,4-6,8H2,1-3H3/b18-16-. The molecule has 1 aromatic carbocycles. The molecular weight excluding hydrogens is 445 g/mol. The van der Waals surface area contributed by atoms with E-state index in [1.807, 2.05) is 18.4 Å². The summed E-state index contributed by atoms with van der Waals surface area (Å²) in [5.41, 5.74) is 1.28.